The van der Waals surface area contributed by atoms with Gasteiger partial charge in [0.25, 0.3) is 0 Å². The number of nitrogens with one attached hydrogen (secondary N) is 2. The van der Waals surface area contributed by atoms with Crippen LogP contribution in [0.15, 0.2) is 48.5 Å². The predicted octanol–water partition coefficient (Wildman–Crippen LogP) is 3.23. The number of halogens is 1. The van der Waals surface area contributed by atoms with E-state index in [1.54, 1.807) is 19.2 Å². The molecule has 1 amide bonds. The molecule has 138 valence electrons. The number of ether oxygens (including phenoxy) is 1. The second-order valence-corrected chi connectivity index (χ2v) is 6.80. The summed E-state index contributed by atoms with van der Waals surface area (Å²) in [6.07, 6.45) is 3.11. The van der Waals surface area contributed by atoms with Crippen LogP contribution in [0.2, 0.25) is 0 Å². The summed E-state index contributed by atoms with van der Waals surface area (Å²) < 4.78 is 18.4. The summed E-state index contributed by atoms with van der Waals surface area (Å²) in [6, 6.07) is 13.9. The highest BCUT2D eigenvalue weighted by Gasteiger charge is 2.21. The number of hydrogen-bond acceptors (Lipinski definition) is 3. The molecule has 0 heterocycles. The summed E-state index contributed by atoms with van der Waals surface area (Å²) >= 11 is 0. The van der Waals surface area contributed by atoms with Crippen molar-refractivity contribution in [2.75, 3.05) is 20.2 Å². The number of carbonyl (C=O) groups excluding carboxylic acids is 1. The van der Waals surface area contributed by atoms with Crippen LogP contribution >= 0.6 is 0 Å². The minimum atomic E-state index is -0.261. The predicted molar refractivity (Wildman–Crippen MR) is 99.6 cm³/mol. The van der Waals surface area contributed by atoms with E-state index in [9.17, 15) is 9.18 Å². The van der Waals surface area contributed by atoms with Gasteiger partial charge >= 0.3 is 0 Å². The Bertz CT molecular complexity index is 712. The molecular formula is C21H25FN2O2. The zero-order valence-electron chi connectivity index (χ0n) is 15.0. The van der Waals surface area contributed by atoms with Gasteiger partial charge in [-0.2, -0.15) is 0 Å². The summed E-state index contributed by atoms with van der Waals surface area (Å²) in [7, 11) is 1.62. The van der Waals surface area contributed by atoms with Crippen molar-refractivity contribution in [3.05, 3.63) is 65.5 Å². The van der Waals surface area contributed by atoms with E-state index in [4.69, 9.17) is 4.74 Å². The molecule has 3 rings (SSSR count). The topological polar surface area (TPSA) is 50.4 Å². The van der Waals surface area contributed by atoms with Crippen molar-refractivity contribution in [2.24, 2.45) is 5.92 Å². The van der Waals surface area contributed by atoms with E-state index in [0.29, 0.717) is 13.0 Å². The molecule has 1 fully saturated rings. The molecule has 0 aliphatic heterocycles. The first-order valence-corrected chi connectivity index (χ1v) is 9.02. The van der Waals surface area contributed by atoms with Crippen LogP contribution in [0.25, 0.3) is 0 Å². The number of amides is 1. The lowest BCUT2D eigenvalue weighted by molar-refractivity contribution is -0.121. The second kappa shape index (κ2) is 8.81. The van der Waals surface area contributed by atoms with Crippen LogP contribution in [0, 0.1) is 11.7 Å². The zero-order valence-corrected chi connectivity index (χ0v) is 15.0. The molecule has 0 spiro atoms. The van der Waals surface area contributed by atoms with Crippen molar-refractivity contribution < 1.29 is 13.9 Å². The quantitative estimate of drug-likeness (QED) is 0.725. The van der Waals surface area contributed by atoms with E-state index >= 15 is 0 Å². The molecule has 26 heavy (non-hydrogen) atoms. The van der Waals surface area contributed by atoms with Crippen molar-refractivity contribution in [2.45, 2.75) is 25.3 Å². The van der Waals surface area contributed by atoms with E-state index in [0.717, 1.165) is 29.3 Å². The lowest BCUT2D eigenvalue weighted by atomic mass is 9.98. The van der Waals surface area contributed by atoms with Gasteiger partial charge in [-0.25, -0.2) is 4.39 Å². The van der Waals surface area contributed by atoms with Gasteiger partial charge in [0.1, 0.15) is 11.6 Å². The molecule has 1 saturated carbocycles. The van der Waals surface area contributed by atoms with Gasteiger partial charge in [0, 0.05) is 0 Å². The molecule has 1 unspecified atom stereocenters. The lowest BCUT2D eigenvalue weighted by Crippen LogP contribution is -2.37. The third-order valence-electron chi connectivity index (χ3n) is 4.62. The van der Waals surface area contributed by atoms with Gasteiger partial charge in [-0.15, -0.1) is 0 Å². The third kappa shape index (κ3) is 5.56. The minimum absolute atomic E-state index is 0.0337. The van der Waals surface area contributed by atoms with Gasteiger partial charge in [-0.3, -0.25) is 4.79 Å². The van der Waals surface area contributed by atoms with Crippen molar-refractivity contribution >= 4 is 5.91 Å². The fraction of sp³-hybridized carbons (Fsp3) is 0.381. The molecule has 2 aromatic rings. The normalized spacial score (nSPS) is 14.7. The van der Waals surface area contributed by atoms with Crippen LogP contribution < -0.4 is 15.4 Å². The molecule has 2 N–H and O–H groups in total. The Balaban J connectivity index is 1.66. The minimum Gasteiger partial charge on any atom is -0.497 e. The maximum atomic E-state index is 13.2. The highest BCUT2D eigenvalue weighted by molar-refractivity contribution is 5.78. The van der Waals surface area contributed by atoms with Gasteiger partial charge in [-0.1, -0.05) is 24.3 Å². The summed E-state index contributed by atoms with van der Waals surface area (Å²) in [6.45, 7) is 1.21. The molecule has 4 nitrogen and oxygen atoms in total. The standard InChI is InChI=1S/C21H25FN2O2/c1-26-19-10-6-17(7-11-19)20(12-15-4-8-18(22)9-5-15)24-21(25)14-23-13-16-2-3-16/h4-11,16,20,23H,2-3,12-14H2,1H3,(H,24,25). The molecule has 0 radical (unpaired) electrons. The van der Waals surface area contributed by atoms with E-state index in [1.807, 2.05) is 24.3 Å². The van der Waals surface area contributed by atoms with Crippen LogP contribution in [0.3, 0.4) is 0 Å². The van der Waals surface area contributed by atoms with E-state index in [-0.39, 0.29) is 17.8 Å². The number of rotatable bonds is 9. The summed E-state index contributed by atoms with van der Waals surface area (Å²) in [5.74, 6) is 1.21. The van der Waals surface area contributed by atoms with Crippen molar-refractivity contribution in [1.82, 2.24) is 10.6 Å². The molecular weight excluding hydrogens is 331 g/mol. The first kappa shape index (κ1) is 18.4. The Morgan fingerprint density at radius 3 is 2.46 bits per heavy atom. The zero-order chi connectivity index (χ0) is 18.4. The van der Waals surface area contributed by atoms with Gasteiger partial charge in [0.05, 0.1) is 19.7 Å². The van der Waals surface area contributed by atoms with Crippen LogP contribution in [-0.2, 0) is 11.2 Å². The first-order chi connectivity index (χ1) is 12.6. The Hall–Kier alpha value is -2.40. The Morgan fingerprint density at radius 2 is 1.85 bits per heavy atom. The van der Waals surface area contributed by atoms with Gasteiger partial charge in [0.15, 0.2) is 0 Å². The second-order valence-electron chi connectivity index (χ2n) is 6.80. The number of hydrogen-bond donors (Lipinski definition) is 2. The monoisotopic (exact) mass is 356 g/mol. The summed E-state index contributed by atoms with van der Waals surface area (Å²) in [4.78, 5) is 12.3. The molecule has 2 aromatic carbocycles. The smallest absolute Gasteiger partial charge is 0.234 e. The fourth-order valence-corrected chi connectivity index (χ4v) is 2.90. The lowest BCUT2D eigenvalue weighted by Gasteiger charge is -2.20. The third-order valence-corrected chi connectivity index (χ3v) is 4.62. The van der Waals surface area contributed by atoms with Crippen LogP contribution in [0.4, 0.5) is 4.39 Å². The van der Waals surface area contributed by atoms with Gasteiger partial charge < -0.3 is 15.4 Å². The molecule has 1 atom stereocenters. The molecule has 0 aromatic heterocycles. The highest BCUT2D eigenvalue weighted by atomic mass is 19.1. The Kier molecular flexibility index (Phi) is 6.23. The van der Waals surface area contributed by atoms with E-state index in [1.165, 1.54) is 25.0 Å². The van der Waals surface area contributed by atoms with Crippen LogP contribution in [0.5, 0.6) is 5.75 Å². The first-order valence-electron chi connectivity index (χ1n) is 9.02. The van der Waals surface area contributed by atoms with Gasteiger partial charge in [0.2, 0.25) is 5.91 Å². The Morgan fingerprint density at radius 1 is 1.15 bits per heavy atom. The average molecular weight is 356 g/mol. The SMILES string of the molecule is COc1ccc(C(Cc2ccc(F)cc2)NC(=O)CNCC2CC2)cc1. The van der Waals surface area contributed by atoms with Crippen molar-refractivity contribution in [3.63, 3.8) is 0 Å². The molecule has 1 aliphatic carbocycles. The maximum absolute atomic E-state index is 13.2. The largest absolute Gasteiger partial charge is 0.497 e. The molecule has 0 bridgehead atoms. The maximum Gasteiger partial charge on any atom is 0.234 e. The van der Waals surface area contributed by atoms with Crippen LogP contribution in [0.1, 0.15) is 30.0 Å². The Labute approximate surface area is 153 Å². The van der Waals surface area contributed by atoms with Gasteiger partial charge in [-0.05, 0) is 67.1 Å². The number of methoxy groups -OCH3 is 1. The van der Waals surface area contributed by atoms with Crippen LogP contribution in [-0.4, -0.2) is 26.1 Å². The highest BCUT2D eigenvalue weighted by Crippen LogP contribution is 2.27. The summed E-state index contributed by atoms with van der Waals surface area (Å²) in [5.41, 5.74) is 1.96. The molecule has 0 saturated heterocycles. The van der Waals surface area contributed by atoms with E-state index in [2.05, 4.69) is 10.6 Å². The molecule has 1 aliphatic rings. The van der Waals surface area contributed by atoms with E-state index < -0.39 is 0 Å². The fourth-order valence-electron chi connectivity index (χ4n) is 2.90. The van der Waals surface area contributed by atoms with Crippen molar-refractivity contribution in [3.8, 4) is 5.75 Å². The number of carbonyl (C=O) groups is 1. The average Bonchev–Trinajstić information content (AvgIpc) is 3.47. The molecule has 5 heteroatoms. The summed E-state index contributed by atoms with van der Waals surface area (Å²) in [5, 5.41) is 6.30. The van der Waals surface area contributed by atoms with Crippen molar-refractivity contribution in [1.29, 1.82) is 0 Å². The number of benzene rings is 2.